The van der Waals surface area contributed by atoms with Crippen LogP contribution in [0.25, 0.3) is 0 Å². The summed E-state index contributed by atoms with van der Waals surface area (Å²) in [6.45, 7) is 4.43. The first kappa shape index (κ1) is 17.7. The molecule has 1 aromatic carbocycles. The van der Waals surface area contributed by atoms with Crippen molar-refractivity contribution < 1.29 is 13.2 Å². The summed E-state index contributed by atoms with van der Waals surface area (Å²) in [5, 5.41) is 0.405. The molecule has 20 heavy (non-hydrogen) atoms. The van der Waals surface area contributed by atoms with E-state index in [1.165, 1.54) is 12.1 Å². The molecular weight excluding hydrogens is 323 g/mol. The summed E-state index contributed by atoms with van der Waals surface area (Å²) >= 11 is 11.9. The second-order valence-corrected chi connectivity index (χ2v) is 6.75. The molecule has 0 saturated carbocycles. The Morgan fingerprint density at radius 3 is 2.55 bits per heavy atom. The molecule has 114 valence electrons. The maximum Gasteiger partial charge on any atom is 0.242 e. The van der Waals surface area contributed by atoms with Crippen LogP contribution >= 0.6 is 23.2 Å². The van der Waals surface area contributed by atoms with E-state index in [9.17, 15) is 8.42 Å². The van der Waals surface area contributed by atoms with Crippen LogP contribution in [0.15, 0.2) is 17.0 Å². The second kappa shape index (κ2) is 7.59. The Kier molecular flexibility index (Phi) is 6.71. The molecule has 5 nitrogen and oxygen atoms in total. The van der Waals surface area contributed by atoms with Gasteiger partial charge in [0.1, 0.15) is 4.90 Å². The lowest BCUT2D eigenvalue weighted by molar-refractivity contribution is 0.0799. The monoisotopic (exact) mass is 340 g/mol. The van der Waals surface area contributed by atoms with Crippen LogP contribution in [0.5, 0.6) is 0 Å². The molecule has 0 bridgehead atoms. The molecular formula is C12H18Cl2N2O3S. The zero-order valence-corrected chi connectivity index (χ0v) is 13.6. The molecule has 0 aliphatic rings. The molecule has 0 aliphatic heterocycles. The molecule has 1 aromatic rings. The van der Waals surface area contributed by atoms with Gasteiger partial charge in [-0.3, -0.25) is 0 Å². The highest BCUT2D eigenvalue weighted by Crippen LogP contribution is 2.28. The smallest absolute Gasteiger partial charge is 0.242 e. The second-order valence-electron chi connectivity index (χ2n) is 4.20. The Balaban J connectivity index is 2.98. The quantitative estimate of drug-likeness (QED) is 0.796. The van der Waals surface area contributed by atoms with Gasteiger partial charge in [0.2, 0.25) is 10.0 Å². The molecule has 8 heteroatoms. The average molecular weight is 341 g/mol. The normalized spacial score (nSPS) is 13.4. The number of benzene rings is 1. The minimum atomic E-state index is -3.73. The first-order chi connectivity index (χ1) is 9.31. The Hall–Kier alpha value is -0.370. The maximum absolute atomic E-state index is 12.2. The van der Waals surface area contributed by atoms with Gasteiger partial charge in [-0.1, -0.05) is 23.2 Å². The lowest BCUT2D eigenvalue weighted by atomic mass is 10.2. The minimum Gasteiger partial charge on any atom is -0.377 e. The van der Waals surface area contributed by atoms with Gasteiger partial charge in [-0.25, -0.2) is 13.1 Å². The Morgan fingerprint density at radius 2 is 2.00 bits per heavy atom. The highest BCUT2D eigenvalue weighted by molar-refractivity contribution is 7.89. The van der Waals surface area contributed by atoms with E-state index < -0.39 is 10.0 Å². The fourth-order valence-corrected chi connectivity index (χ4v) is 3.57. The molecule has 1 atom stereocenters. The highest BCUT2D eigenvalue weighted by Gasteiger charge is 2.20. The molecule has 0 fully saturated rings. The molecule has 0 amide bonds. The number of halogens is 2. The van der Waals surface area contributed by atoms with Crippen LogP contribution in [0.2, 0.25) is 10.0 Å². The summed E-state index contributed by atoms with van der Waals surface area (Å²) in [4.78, 5) is -0.0345. The van der Waals surface area contributed by atoms with E-state index in [0.29, 0.717) is 17.2 Å². The van der Waals surface area contributed by atoms with Crippen molar-refractivity contribution in [2.75, 3.05) is 13.2 Å². The van der Waals surface area contributed by atoms with Gasteiger partial charge >= 0.3 is 0 Å². The summed E-state index contributed by atoms with van der Waals surface area (Å²) in [5.74, 6) is 0. The third-order valence-corrected chi connectivity index (χ3v) is 4.86. The van der Waals surface area contributed by atoms with Crippen LogP contribution in [0.4, 0.5) is 0 Å². The number of ether oxygens (including phenoxy) is 1. The van der Waals surface area contributed by atoms with E-state index in [2.05, 4.69) is 4.72 Å². The molecule has 0 aliphatic carbocycles. The van der Waals surface area contributed by atoms with Crippen LogP contribution in [0.3, 0.4) is 0 Å². The van der Waals surface area contributed by atoms with Crippen LogP contribution < -0.4 is 10.5 Å². The summed E-state index contributed by atoms with van der Waals surface area (Å²) in [6, 6.07) is 2.77. The summed E-state index contributed by atoms with van der Waals surface area (Å²) in [6.07, 6.45) is -0.227. The van der Waals surface area contributed by atoms with Crippen molar-refractivity contribution in [2.45, 2.75) is 31.4 Å². The largest absolute Gasteiger partial charge is 0.377 e. The molecule has 1 rings (SSSR count). The number of hydrogen-bond acceptors (Lipinski definition) is 4. The van der Waals surface area contributed by atoms with Gasteiger partial charge in [-0.05, 0) is 31.5 Å². The van der Waals surface area contributed by atoms with Gasteiger partial charge in [0.05, 0.1) is 11.1 Å². The molecule has 3 N–H and O–H groups in total. The lowest BCUT2D eigenvalue weighted by Crippen LogP contribution is -2.32. The van der Waals surface area contributed by atoms with Crippen LogP contribution in [-0.2, 0) is 21.3 Å². The predicted octanol–water partition coefficient (Wildman–Crippen LogP) is 2.16. The van der Waals surface area contributed by atoms with Crippen molar-refractivity contribution in [1.29, 1.82) is 0 Å². The van der Waals surface area contributed by atoms with E-state index in [-0.39, 0.29) is 29.1 Å². The summed E-state index contributed by atoms with van der Waals surface area (Å²) in [5.41, 5.74) is 6.03. The molecule has 0 radical (unpaired) electrons. The van der Waals surface area contributed by atoms with Crippen molar-refractivity contribution in [1.82, 2.24) is 4.72 Å². The number of rotatable bonds is 7. The van der Waals surface area contributed by atoms with E-state index in [1.807, 2.05) is 6.92 Å². The van der Waals surface area contributed by atoms with Crippen molar-refractivity contribution in [3.63, 3.8) is 0 Å². The van der Waals surface area contributed by atoms with E-state index >= 15 is 0 Å². The maximum atomic E-state index is 12.2. The van der Waals surface area contributed by atoms with E-state index in [1.54, 1.807) is 6.92 Å². The van der Waals surface area contributed by atoms with Gasteiger partial charge in [-0.15, -0.1) is 0 Å². The van der Waals surface area contributed by atoms with Crippen molar-refractivity contribution in [3.8, 4) is 0 Å². The lowest BCUT2D eigenvalue weighted by Gasteiger charge is -2.14. The SMILES string of the molecule is CCOC(C)CNS(=O)(=O)c1cc(CN)c(Cl)cc1Cl. The summed E-state index contributed by atoms with van der Waals surface area (Å²) < 4.78 is 32.1. The molecule has 0 heterocycles. The van der Waals surface area contributed by atoms with Gasteiger partial charge in [0.15, 0.2) is 0 Å². The van der Waals surface area contributed by atoms with E-state index in [0.717, 1.165) is 0 Å². The molecule has 1 unspecified atom stereocenters. The van der Waals surface area contributed by atoms with Crippen molar-refractivity contribution in [3.05, 3.63) is 27.7 Å². The standard InChI is InChI=1S/C12H18Cl2N2O3S/c1-3-19-8(2)7-16-20(17,18)12-4-9(6-15)10(13)5-11(12)14/h4-5,8,16H,3,6-7,15H2,1-2H3. The topological polar surface area (TPSA) is 81.4 Å². The number of sulfonamides is 1. The first-order valence-corrected chi connectivity index (χ1v) is 8.35. The molecule has 0 saturated heterocycles. The van der Waals surface area contributed by atoms with Gasteiger partial charge < -0.3 is 10.5 Å². The average Bonchev–Trinajstić information content (AvgIpc) is 2.37. The highest BCUT2D eigenvalue weighted by atomic mass is 35.5. The molecule has 0 spiro atoms. The number of nitrogens with one attached hydrogen (secondary N) is 1. The van der Waals surface area contributed by atoms with Gasteiger partial charge in [-0.2, -0.15) is 0 Å². The minimum absolute atomic E-state index is 0.0345. The fourth-order valence-electron chi connectivity index (χ4n) is 1.58. The Labute approximate surface area is 129 Å². The summed E-state index contributed by atoms with van der Waals surface area (Å²) in [7, 11) is -3.73. The van der Waals surface area contributed by atoms with Gasteiger partial charge in [0, 0.05) is 24.7 Å². The van der Waals surface area contributed by atoms with Crippen LogP contribution in [-0.4, -0.2) is 27.7 Å². The van der Waals surface area contributed by atoms with E-state index in [4.69, 9.17) is 33.7 Å². The third-order valence-electron chi connectivity index (χ3n) is 2.62. The van der Waals surface area contributed by atoms with Crippen molar-refractivity contribution in [2.24, 2.45) is 5.73 Å². The first-order valence-electron chi connectivity index (χ1n) is 6.11. The predicted molar refractivity (Wildman–Crippen MR) is 80.6 cm³/mol. The van der Waals surface area contributed by atoms with Crippen molar-refractivity contribution >= 4 is 33.2 Å². The Morgan fingerprint density at radius 1 is 1.35 bits per heavy atom. The Bertz CT molecular complexity index is 564. The number of nitrogens with two attached hydrogens (primary N) is 1. The van der Waals surface area contributed by atoms with Gasteiger partial charge in [0.25, 0.3) is 0 Å². The zero-order chi connectivity index (χ0) is 15.3. The number of hydrogen-bond donors (Lipinski definition) is 2. The fraction of sp³-hybridized carbons (Fsp3) is 0.500. The van der Waals surface area contributed by atoms with Crippen LogP contribution in [0, 0.1) is 0 Å². The zero-order valence-electron chi connectivity index (χ0n) is 11.3. The third kappa shape index (κ3) is 4.58. The van der Waals surface area contributed by atoms with Crippen LogP contribution in [0.1, 0.15) is 19.4 Å². The molecule has 0 aromatic heterocycles.